The van der Waals surface area contributed by atoms with Gasteiger partial charge in [0.05, 0.1) is 19.2 Å². The molecule has 0 heterocycles. The van der Waals surface area contributed by atoms with Crippen molar-refractivity contribution in [2.75, 3.05) is 20.8 Å². The van der Waals surface area contributed by atoms with Crippen LogP contribution in [0.1, 0.15) is 18.4 Å². The third-order valence-electron chi connectivity index (χ3n) is 4.38. The van der Waals surface area contributed by atoms with E-state index in [1.807, 2.05) is 23.1 Å². The minimum absolute atomic E-state index is 0.108. The molecule has 0 N–H and O–H groups in total. The van der Waals surface area contributed by atoms with Crippen molar-refractivity contribution in [1.82, 2.24) is 4.90 Å². The number of ether oxygens (including phenoxy) is 3. The third kappa shape index (κ3) is 4.99. The molecule has 0 atom stereocenters. The number of hydrogen-bond donors (Lipinski definition) is 0. The number of carbonyl (C=O) groups excluding carboxylic acids is 1. The average molecular weight is 410 g/mol. The number of methoxy groups -OCH3 is 2. The number of amides is 1. The van der Waals surface area contributed by atoms with Gasteiger partial charge in [-0.05, 0) is 43.2 Å². The Morgan fingerprint density at radius 2 is 1.85 bits per heavy atom. The van der Waals surface area contributed by atoms with Crippen LogP contribution in [-0.2, 0) is 11.3 Å². The number of halogens is 2. The minimum atomic E-state index is -0.113. The van der Waals surface area contributed by atoms with Crippen molar-refractivity contribution in [3.63, 3.8) is 0 Å². The van der Waals surface area contributed by atoms with E-state index in [1.165, 1.54) is 0 Å². The number of rotatable bonds is 8. The SMILES string of the molecule is COc1ccc(OC)c(CN(C(=O)COc2cc(Cl)ccc2Cl)C2CC2)c1. The Hall–Kier alpha value is -2.11. The Bertz CT molecular complexity index is 824. The maximum Gasteiger partial charge on any atom is 0.261 e. The van der Waals surface area contributed by atoms with Crippen molar-refractivity contribution in [2.24, 2.45) is 0 Å². The zero-order valence-corrected chi connectivity index (χ0v) is 16.7. The molecule has 0 unspecified atom stereocenters. The van der Waals surface area contributed by atoms with Crippen LogP contribution in [0.4, 0.5) is 0 Å². The number of benzene rings is 2. The van der Waals surface area contributed by atoms with E-state index in [0.29, 0.717) is 28.1 Å². The second-order valence-electron chi connectivity index (χ2n) is 6.29. The first-order chi connectivity index (χ1) is 13.0. The summed E-state index contributed by atoms with van der Waals surface area (Å²) in [6.07, 6.45) is 1.96. The lowest BCUT2D eigenvalue weighted by Gasteiger charge is -2.24. The van der Waals surface area contributed by atoms with E-state index in [-0.39, 0.29) is 18.6 Å². The van der Waals surface area contributed by atoms with E-state index in [2.05, 4.69) is 0 Å². The van der Waals surface area contributed by atoms with Gasteiger partial charge in [-0.1, -0.05) is 23.2 Å². The molecule has 0 aliphatic heterocycles. The largest absolute Gasteiger partial charge is 0.497 e. The van der Waals surface area contributed by atoms with Crippen molar-refractivity contribution < 1.29 is 19.0 Å². The van der Waals surface area contributed by atoms with Crippen LogP contribution in [0.5, 0.6) is 17.2 Å². The van der Waals surface area contributed by atoms with Crippen molar-refractivity contribution in [3.05, 3.63) is 52.0 Å². The molecule has 0 saturated heterocycles. The molecule has 1 fully saturated rings. The predicted octanol–water partition coefficient (Wildman–Crippen LogP) is 4.58. The molecule has 1 amide bonds. The van der Waals surface area contributed by atoms with Crippen LogP contribution >= 0.6 is 23.2 Å². The molecule has 27 heavy (non-hydrogen) atoms. The fourth-order valence-corrected chi connectivity index (χ4v) is 3.14. The minimum Gasteiger partial charge on any atom is -0.497 e. The Morgan fingerprint density at radius 3 is 2.52 bits per heavy atom. The summed E-state index contributed by atoms with van der Waals surface area (Å²) >= 11 is 12.1. The molecular weight excluding hydrogens is 389 g/mol. The Kier molecular flexibility index (Phi) is 6.34. The summed E-state index contributed by atoms with van der Waals surface area (Å²) in [6.45, 7) is 0.319. The molecule has 1 aliphatic rings. The molecule has 1 aliphatic carbocycles. The lowest BCUT2D eigenvalue weighted by Crippen LogP contribution is -2.36. The Morgan fingerprint density at radius 1 is 1.07 bits per heavy atom. The van der Waals surface area contributed by atoms with Crippen LogP contribution in [0.2, 0.25) is 10.0 Å². The van der Waals surface area contributed by atoms with E-state index >= 15 is 0 Å². The summed E-state index contributed by atoms with van der Waals surface area (Å²) in [7, 11) is 3.22. The summed E-state index contributed by atoms with van der Waals surface area (Å²) in [5.41, 5.74) is 0.887. The van der Waals surface area contributed by atoms with Gasteiger partial charge in [0.1, 0.15) is 17.2 Å². The van der Waals surface area contributed by atoms with Crippen LogP contribution in [0.15, 0.2) is 36.4 Å². The highest BCUT2D eigenvalue weighted by Gasteiger charge is 2.33. The zero-order chi connectivity index (χ0) is 19.4. The molecule has 144 valence electrons. The van der Waals surface area contributed by atoms with Crippen LogP contribution < -0.4 is 14.2 Å². The van der Waals surface area contributed by atoms with Crippen LogP contribution in [0.3, 0.4) is 0 Å². The summed E-state index contributed by atoms with van der Waals surface area (Å²) in [6, 6.07) is 10.7. The number of carbonyl (C=O) groups is 1. The highest BCUT2D eigenvalue weighted by atomic mass is 35.5. The smallest absolute Gasteiger partial charge is 0.261 e. The van der Waals surface area contributed by atoms with Gasteiger partial charge < -0.3 is 19.1 Å². The standard InChI is InChI=1S/C20H21Cl2NO4/c1-25-16-6-8-18(26-2)13(9-16)11-23(15-4-5-15)20(24)12-27-19-10-14(21)3-7-17(19)22/h3,6-10,15H,4-5,11-12H2,1-2H3. The summed E-state index contributed by atoms with van der Waals surface area (Å²) in [5, 5.41) is 0.918. The molecule has 2 aromatic rings. The normalized spacial score (nSPS) is 13.2. The van der Waals surface area contributed by atoms with Crippen molar-refractivity contribution in [3.8, 4) is 17.2 Å². The second-order valence-corrected chi connectivity index (χ2v) is 7.14. The molecule has 0 bridgehead atoms. The number of hydrogen-bond acceptors (Lipinski definition) is 4. The first kappa shape index (κ1) is 19.6. The second kappa shape index (κ2) is 8.72. The van der Waals surface area contributed by atoms with Gasteiger partial charge >= 0.3 is 0 Å². The van der Waals surface area contributed by atoms with Gasteiger partial charge in [0.15, 0.2) is 6.61 Å². The lowest BCUT2D eigenvalue weighted by atomic mass is 10.1. The van der Waals surface area contributed by atoms with Gasteiger partial charge in [-0.15, -0.1) is 0 Å². The summed E-state index contributed by atoms with van der Waals surface area (Å²) < 4.78 is 16.3. The van der Waals surface area contributed by atoms with E-state index in [9.17, 15) is 4.79 Å². The van der Waals surface area contributed by atoms with E-state index in [4.69, 9.17) is 37.4 Å². The first-order valence-corrected chi connectivity index (χ1v) is 9.35. The van der Waals surface area contributed by atoms with Crippen molar-refractivity contribution >= 4 is 29.1 Å². The van der Waals surface area contributed by atoms with Gasteiger partial charge in [0.25, 0.3) is 5.91 Å². The summed E-state index contributed by atoms with van der Waals surface area (Å²) in [4.78, 5) is 14.6. The van der Waals surface area contributed by atoms with Gasteiger partial charge in [-0.25, -0.2) is 0 Å². The van der Waals surface area contributed by atoms with Crippen LogP contribution in [0.25, 0.3) is 0 Å². The predicted molar refractivity (Wildman–Crippen MR) is 105 cm³/mol. The van der Waals surface area contributed by atoms with E-state index in [1.54, 1.807) is 32.4 Å². The monoisotopic (exact) mass is 409 g/mol. The topological polar surface area (TPSA) is 48.0 Å². The Balaban J connectivity index is 1.72. The first-order valence-electron chi connectivity index (χ1n) is 8.60. The van der Waals surface area contributed by atoms with Crippen molar-refractivity contribution in [2.45, 2.75) is 25.4 Å². The molecular formula is C20H21Cl2NO4. The maximum atomic E-state index is 12.8. The van der Waals surface area contributed by atoms with Crippen LogP contribution in [0, 0.1) is 0 Å². The highest BCUT2D eigenvalue weighted by molar-refractivity contribution is 6.34. The van der Waals surface area contributed by atoms with Gasteiger partial charge in [0, 0.05) is 29.2 Å². The quantitative estimate of drug-likeness (QED) is 0.639. The average Bonchev–Trinajstić information content (AvgIpc) is 3.51. The fraction of sp³-hybridized carbons (Fsp3) is 0.350. The molecule has 7 heteroatoms. The molecule has 0 radical (unpaired) electrons. The molecule has 0 spiro atoms. The molecule has 5 nitrogen and oxygen atoms in total. The maximum absolute atomic E-state index is 12.8. The van der Waals surface area contributed by atoms with Crippen molar-refractivity contribution in [1.29, 1.82) is 0 Å². The van der Waals surface area contributed by atoms with E-state index < -0.39 is 0 Å². The molecule has 2 aromatic carbocycles. The van der Waals surface area contributed by atoms with Gasteiger partial charge in [-0.3, -0.25) is 4.79 Å². The van der Waals surface area contributed by atoms with Crippen LogP contribution in [-0.4, -0.2) is 37.7 Å². The molecule has 0 aromatic heterocycles. The third-order valence-corrected chi connectivity index (χ3v) is 4.93. The zero-order valence-electron chi connectivity index (χ0n) is 15.2. The molecule has 1 saturated carbocycles. The van der Waals surface area contributed by atoms with Gasteiger partial charge in [0.2, 0.25) is 0 Å². The van der Waals surface area contributed by atoms with Gasteiger partial charge in [-0.2, -0.15) is 0 Å². The number of nitrogens with zero attached hydrogens (tertiary/aromatic N) is 1. The fourth-order valence-electron chi connectivity index (χ4n) is 2.81. The molecule has 3 rings (SSSR count). The Labute approximate surface area is 168 Å². The highest BCUT2D eigenvalue weighted by Crippen LogP contribution is 2.33. The lowest BCUT2D eigenvalue weighted by molar-refractivity contribution is -0.134. The van der Waals surface area contributed by atoms with E-state index in [0.717, 1.165) is 24.2 Å². The summed E-state index contributed by atoms with van der Waals surface area (Å²) in [5.74, 6) is 1.72.